The molecule has 0 aliphatic carbocycles. The van der Waals surface area contributed by atoms with Gasteiger partial charge in [0.15, 0.2) is 0 Å². The second-order valence-corrected chi connectivity index (χ2v) is 3.84. The van der Waals surface area contributed by atoms with Gasteiger partial charge in [0.25, 0.3) is 0 Å². The Labute approximate surface area is 85.6 Å². The summed E-state index contributed by atoms with van der Waals surface area (Å²) in [5, 5.41) is 12.0. The topological polar surface area (TPSA) is 52.6 Å². The average molecular weight is 200 g/mol. The monoisotopic (exact) mass is 200 g/mol. The van der Waals surface area contributed by atoms with Gasteiger partial charge in [-0.2, -0.15) is 0 Å². The molecule has 4 heteroatoms. The maximum Gasteiger partial charge on any atom is 0.236 e. The third-order valence-corrected chi connectivity index (χ3v) is 2.23. The Kier molecular flexibility index (Phi) is 5.42. The van der Waals surface area contributed by atoms with Crippen LogP contribution in [0.5, 0.6) is 0 Å². The van der Waals surface area contributed by atoms with Crippen molar-refractivity contribution >= 4 is 5.91 Å². The standard InChI is InChI=1S/C10H20N2O2/c1-5-6-11-7-9(14)12(4)10(2,3)8-13/h5,11,13H,1,6-8H2,2-4H3. The van der Waals surface area contributed by atoms with E-state index in [-0.39, 0.29) is 19.1 Å². The number of rotatable bonds is 6. The minimum atomic E-state index is -0.507. The Morgan fingerprint density at radius 3 is 2.64 bits per heavy atom. The molecule has 0 fully saturated rings. The summed E-state index contributed by atoms with van der Waals surface area (Å²) in [6, 6.07) is 0. The summed E-state index contributed by atoms with van der Waals surface area (Å²) in [5.41, 5.74) is -0.507. The summed E-state index contributed by atoms with van der Waals surface area (Å²) in [7, 11) is 1.69. The van der Waals surface area contributed by atoms with Crippen molar-refractivity contribution in [2.24, 2.45) is 0 Å². The Hall–Kier alpha value is -0.870. The van der Waals surface area contributed by atoms with E-state index >= 15 is 0 Å². The fourth-order valence-electron chi connectivity index (χ4n) is 0.843. The van der Waals surface area contributed by atoms with Gasteiger partial charge in [0, 0.05) is 13.6 Å². The molecule has 1 amide bonds. The lowest BCUT2D eigenvalue weighted by Gasteiger charge is -2.34. The molecule has 0 atom stereocenters. The highest BCUT2D eigenvalue weighted by Crippen LogP contribution is 2.10. The van der Waals surface area contributed by atoms with Crippen molar-refractivity contribution < 1.29 is 9.90 Å². The van der Waals surface area contributed by atoms with Crippen molar-refractivity contribution in [2.45, 2.75) is 19.4 Å². The fourth-order valence-corrected chi connectivity index (χ4v) is 0.843. The first-order chi connectivity index (χ1) is 6.45. The number of aliphatic hydroxyl groups excluding tert-OH is 1. The molecule has 0 aromatic heterocycles. The third kappa shape index (κ3) is 3.89. The zero-order valence-electron chi connectivity index (χ0n) is 9.21. The van der Waals surface area contributed by atoms with Crippen molar-refractivity contribution in [3.05, 3.63) is 12.7 Å². The van der Waals surface area contributed by atoms with Crippen LogP contribution in [0, 0.1) is 0 Å². The molecule has 0 aromatic rings. The van der Waals surface area contributed by atoms with E-state index < -0.39 is 5.54 Å². The molecular formula is C10H20N2O2. The first-order valence-electron chi connectivity index (χ1n) is 4.65. The molecule has 0 aliphatic heterocycles. The summed E-state index contributed by atoms with van der Waals surface area (Å²) in [5.74, 6) is -0.0362. The molecule has 0 radical (unpaired) electrons. The van der Waals surface area contributed by atoms with Gasteiger partial charge in [-0.3, -0.25) is 4.79 Å². The number of carbonyl (C=O) groups is 1. The zero-order valence-corrected chi connectivity index (χ0v) is 9.21. The van der Waals surface area contributed by atoms with Crippen LogP contribution in [-0.4, -0.2) is 48.2 Å². The van der Waals surface area contributed by atoms with Crippen molar-refractivity contribution in [1.82, 2.24) is 10.2 Å². The SMILES string of the molecule is C=CCNCC(=O)N(C)C(C)(C)CO. The van der Waals surface area contributed by atoms with Gasteiger partial charge in [-0.25, -0.2) is 0 Å². The second kappa shape index (κ2) is 5.78. The number of nitrogens with one attached hydrogen (secondary N) is 1. The highest BCUT2D eigenvalue weighted by Gasteiger charge is 2.25. The number of hydrogen-bond donors (Lipinski definition) is 2. The van der Waals surface area contributed by atoms with E-state index in [2.05, 4.69) is 11.9 Å². The molecule has 0 aliphatic rings. The van der Waals surface area contributed by atoms with Crippen LogP contribution in [0.1, 0.15) is 13.8 Å². The molecule has 0 saturated heterocycles. The van der Waals surface area contributed by atoms with Crippen molar-refractivity contribution in [1.29, 1.82) is 0 Å². The van der Waals surface area contributed by atoms with Crippen LogP contribution in [0.2, 0.25) is 0 Å². The number of nitrogens with zero attached hydrogens (tertiary/aromatic N) is 1. The smallest absolute Gasteiger partial charge is 0.236 e. The van der Waals surface area contributed by atoms with E-state index in [1.165, 1.54) is 0 Å². The van der Waals surface area contributed by atoms with Crippen LogP contribution in [-0.2, 0) is 4.79 Å². The minimum Gasteiger partial charge on any atom is -0.394 e. The summed E-state index contributed by atoms with van der Waals surface area (Å²) >= 11 is 0. The lowest BCUT2D eigenvalue weighted by molar-refractivity contribution is -0.134. The first kappa shape index (κ1) is 13.1. The molecule has 14 heavy (non-hydrogen) atoms. The molecule has 0 heterocycles. The molecule has 82 valence electrons. The van der Waals surface area contributed by atoms with Crippen molar-refractivity contribution in [2.75, 3.05) is 26.7 Å². The molecular weight excluding hydrogens is 180 g/mol. The normalized spacial score (nSPS) is 11.1. The Balaban J connectivity index is 4.05. The lowest BCUT2D eigenvalue weighted by atomic mass is 10.1. The van der Waals surface area contributed by atoms with Crippen LogP contribution in [0.3, 0.4) is 0 Å². The van der Waals surface area contributed by atoms with E-state index in [4.69, 9.17) is 5.11 Å². The fraction of sp³-hybridized carbons (Fsp3) is 0.700. The Morgan fingerprint density at radius 2 is 2.21 bits per heavy atom. The van der Waals surface area contributed by atoms with Gasteiger partial charge in [-0.05, 0) is 13.8 Å². The van der Waals surface area contributed by atoms with Gasteiger partial charge < -0.3 is 15.3 Å². The zero-order chi connectivity index (χ0) is 11.2. The number of hydrogen-bond acceptors (Lipinski definition) is 3. The maximum absolute atomic E-state index is 11.5. The Bertz CT molecular complexity index is 202. The van der Waals surface area contributed by atoms with Crippen LogP contribution >= 0.6 is 0 Å². The molecule has 0 spiro atoms. The van der Waals surface area contributed by atoms with E-state index in [9.17, 15) is 4.79 Å². The molecule has 0 bridgehead atoms. The van der Waals surface area contributed by atoms with Gasteiger partial charge in [0.1, 0.15) is 0 Å². The number of amides is 1. The van der Waals surface area contributed by atoms with Crippen LogP contribution < -0.4 is 5.32 Å². The largest absolute Gasteiger partial charge is 0.394 e. The number of aliphatic hydroxyl groups is 1. The van der Waals surface area contributed by atoms with Crippen molar-refractivity contribution in [3.63, 3.8) is 0 Å². The van der Waals surface area contributed by atoms with E-state index in [0.717, 1.165) is 0 Å². The van der Waals surface area contributed by atoms with Gasteiger partial charge in [-0.1, -0.05) is 6.08 Å². The van der Waals surface area contributed by atoms with E-state index in [1.807, 2.05) is 13.8 Å². The molecule has 0 unspecified atom stereocenters. The van der Waals surface area contributed by atoms with Crippen LogP contribution in [0.4, 0.5) is 0 Å². The van der Waals surface area contributed by atoms with E-state index in [1.54, 1.807) is 18.0 Å². The second-order valence-electron chi connectivity index (χ2n) is 3.84. The van der Waals surface area contributed by atoms with Gasteiger partial charge in [-0.15, -0.1) is 6.58 Å². The molecule has 0 aromatic carbocycles. The average Bonchev–Trinajstić information content (AvgIpc) is 2.17. The minimum absolute atomic E-state index is 0.0362. The van der Waals surface area contributed by atoms with Crippen molar-refractivity contribution in [3.8, 4) is 0 Å². The summed E-state index contributed by atoms with van der Waals surface area (Å²) in [6.07, 6.45) is 1.70. The predicted octanol–water partition coefficient (Wildman–Crippen LogP) is -0.00870. The van der Waals surface area contributed by atoms with Crippen LogP contribution in [0.25, 0.3) is 0 Å². The van der Waals surface area contributed by atoms with Crippen LogP contribution in [0.15, 0.2) is 12.7 Å². The molecule has 0 saturated carbocycles. The highest BCUT2D eigenvalue weighted by atomic mass is 16.3. The Morgan fingerprint density at radius 1 is 1.64 bits per heavy atom. The molecule has 4 nitrogen and oxygen atoms in total. The number of likely N-dealkylation sites (N-methyl/N-ethyl adjacent to an activating group) is 1. The summed E-state index contributed by atoms with van der Waals surface area (Å²) in [4.78, 5) is 13.1. The maximum atomic E-state index is 11.5. The summed E-state index contributed by atoms with van der Waals surface area (Å²) < 4.78 is 0. The summed E-state index contributed by atoms with van der Waals surface area (Å²) in [6.45, 7) is 8.01. The van der Waals surface area contributed by atoms with E-state index in [0.29, 0.717) is 6.54 Å². The third-order valence-electron chi connectivity index (χ3n) is 2.23. The molecule has 0 rings (SSSR count). The quantitative estimate of drug-likeness (QED) is 0.468. The van der Waals surface area contributed by atoms with Gasteiger partial charge in [0.2, 0.25) is 5.91 Å². The first-order valence-corrected chi connectivity index (χ1v) is 4.65. The lowest BCUT2D eigenvalue weighted by Crippen LogP contribution is -2.50. The van der Waals surface area contributed by atoms with Gasteiger partial charge in [0.05, 0.1) is 18.7 Å². The number of carbonyl (C=O) groups excluding carboxylic acids is 1. The van der Waals surface area contributed by atoms with Gasteiger partial charge >= 0.3 is 0 Å². The highest BCUT2D eigenvalue weighted by molar-refractivity contribution is 5.78. The predicted molar refractivity (Wildman–Crippen MR) is 57.0 cm³/mol. The molecule has 2 N–H and O–H groups in total.